The number of unbranched alkanes of at least 4 members (excludes halogenated alkanes) is 35. The van der Waals surface area contributed by atoms with Crippen molar-refractivity contribution < 1.29 is 56.2 Å². The van der Waals surface area contributed by atoms with Crippen molar-refractivity contribution in [3.63, 3.8) is 0 Å². The standard InChI is InChI=1S/C51H100O12S/c1-3-5-7-9-11-13-15-17-19-20-21-22-23-24-25-26-28-30-32-34-36-38-40-47(53)61-45(44-60-51-49(55)50(63-64(56,57)58)48(54)46(42-52)62-51)43-59-41-39-37-35-33-31-29-27-18-16-14-12-10-8-6-4-2/h45-46,48-52,54-55H,3-44H2,1-2H3,(H,56,57,58). The van der Waals surface area contributed by atoms with Crippen molar-refractivity contribution in [2.75, 3.05) is 26.4 Å². The number of carbonyl (C=O) groups is 1. The highest BCUT2D eigenvalue weighted by Gasteiger charge is 2.48. The minimum atomic E-state index is -5.06. The molecule has 0 bridgehead atoms. The van der Waals surface area contributed by atoms with E-state index in [1.54, 1.807) is 0 Å². The van der Waals surface area contributed by atoms with Gasteiger partial charge in [0, 0.05) is 13.0 Å². The Kier molecular flexibility index (Phi) is 41.4. The Bertz CT molecular complexity index is 1130. The van der Waals surface area contributed by atoms with Crippen LogP contribution in [0.3, 0.4) is 0 Å². The Labute approximate surface area is 392 Å². The van der Waals surface area contributed by atoms with Crippen LogP contribution in [0.1, 0.15) is 258 Å². The molecule has 0 saturated carbocycles. The first-order valence-electron chi connectivity index (χ1n) is 26.8. The molecule has 0 aromatic carbocycles. The van der Waals surface area contributed by atoms with Crippen LogP contribution >= 0.6 is 0 Å². The van der Waals surface area contributed by atoms with Gasteiger partial charge in [0.2, 0.25) is 0 Å². The second-order valence-corrected chi connectivity index (χ2v) is 19.9. The molecule has 0 spiro atoms. The van der Waals surface area contributed by atoms with Crippen molar-refractivity contribution in [3.8, 4) is 0 Å². The summed E-state index contributed by atoms with van der Waals surface area (Å²) in [7, 11) is -5.06. The molecular weight excluding hydrogens is 837 g/mol. The van der Waals surface area contributed by atoms with Gasteiger partial charge in [-0.15, -0.1) is 0 Å². The number of aliphatic hydroxyl groups excluding tert-OH is 3. The first-order chi connectivity index (χ1) is 31.1. The van der Waals surface area contributed by atoms with E-state index in [-0.39, 0.29) is 19.6 Å². The lowest BCUT2D eigenvalue weighted by Gasteiger charge is -2.41. The second-order valence-electron chi connectivity index (χ2n) is 18.8. The molecule has 0 aliphatic carbocycles. The molecule has 0 radical (unpaired) electrons. The van der Waals surface area contributed by atoms with E-state index < -0.39 is 59.8 Å². The predicted octanol–water partition coefficient (Wildman–Crippen LogP) is 12.4. The van der Waals surface area contributed by atoms with Crippen molar-refractivity contribution in [1.82, 2.24) is 0 Å². The Morgan fingerprint density at radius 1 is 0.531 bits per heavy atom. The number of hydrogen-bond donors (Lipinski definition) is 4. The first kappa shape index (κ1) is 61.1. The smallest absolute Gasteiger partial charge is 0.397 e. The third-order valence-corrected chi connectivity index (χ3v) is 13.2. The van der Waals surface area contributed by atoms with E-state index in [9.17, 15) is 33.1 Å². The van der Waals surface area contributed by atoms with Crippen LogP contribution in [0.5, 0.6) is 0 Å². The lowest BCUT2D eigenvalue weighted by atomic mass is 9.99. The van der Waals surface area contributed by atoms with Gasteiger partial charge in [0.05, 0.1) is 19.8 Å². The number of carbonyl (C=O) groups excluding carboxylic acids is 1. The maximum Gasteiger partial charge on any atom is 0.397 e. The van der Waals surface area contributed by atoms with E-state index in [2.05, 4.69) is 18.0 Å². The van der Waals surface area contributed by atoms with Crippen molar-refractivity contribution >= 4 is 16.4 Å². The van der Waals surface area contributed by atoms with Crippen molar-refractivity contribution in [2.24, 2.45) is 0 Å². The van der Waals surface area contributed by atoms with Gasteiger partial charge in [-0.3, -0.25) is 9.35 Å². The van der Waals surface area contributed by atoms with Gasteiger partial charge in [-0.25, -0.2) is 4.18 Å². The summed E-state index contributed by atoms with van der Waals surface area (Å²) >= 11 is 0. The number of rotatable bonds is 48. The van der Waals surface area contributed by atoms with Crippen LogP contribution in [-0.2, 0) is 38.3 Å². The Morgan fingerprint density at radius 2 is 0.891 bits per heavy atom. The molecule has 1 heterocycles. The largest absolute Gasteiger partial charge is 0.457 e. The van der Waals surface area contributed by atoms with Crippen LogP contribution in [0.15, 0.2) is 0 Å². The van der Waals surface area contributed by atoms with Gasteiger partial charge in [0.1, 0.15) is 30.5 Å². The normalized spacial score (nSPS) is 19.6. The third kappa shape index (κ3) is 36.2. The second kappa shape index (κ2) is 43.4. The van der Waals surface area contributed by atoms with E-state index in [0.717, 1.165) is 38.5 Å². The average molecular weight is 937 g/mol. The summed E-state index contributed by atoms with van der Waals surface area (Å²) in [5.74, 6) is -0.390. The lowest BCUT2D eigenvalue weighted by Crippen LogP contribution is -2.60. The summed E-state index contributed by atoms with van der Waals surface area (Å²) in [6, 6.07) is 0. The van der Waals surface area contributed by atoms with Crippen LogP contribution in [0.4, 0.5) is 0 Å². The fourth-order valence-corrected chi connectivity index (χ4v) is 9.18. The summed E-state index contributed by atoms with van der Waals surface area (Å²) in [6.45, 7) is 4.06. The molecule has 6 atom stereocenters. The molecule has 1 aliphatic rings. The number of ether oxygens (including phenoxy) is 4. The minimum Gasteiger partial charge on any atom is -0.457 e. The van der Waals surface area contributed by atoms with Gasteiger partial charge in [0.15, 0.2) is 6.29 Å². The molecule has 1 fully saturated rings. The maximum atomic E-state index is 12.9. The molecule has 0 aromatic rings. The van der Waals surface area contributed by atoms with E-state index in [1.165, 1.54) is 193 Å². The summed E-state index contributed by atoms with van der Waals surface area (Å²) in [5.41, 5.74) is 0. The van der Waals surface area contributed by atoms with Crippen molar-refractivity contribution in [1.29, 1.82) is 0 Å². The zero-order valence-electron chi connectivity index (χ0n) is 41.1. The lowest BCUT2D eigenvalue weighted by molar-refractivity contribution is -0.301. The quantitative estimate of drug-likeness (QED) is 0.0258. The molecular formula is C51H100O12S. The van der Waals surface area contributed by atoms with Crippen LogP contribution in [0, 0.1) is 0 Å². The van der Waals surface area contributed by atoms with Gasteiger partial charge < -0.3 is 34.3 Å². The minimum absolute atomic E-state index is 0.0452. The van der Waals surface area contributed by atoms with Gasteiger partial charge in [0.25, 0.3) is 0 Å². The fraction of sp³-hybridized carbons (Fsp3) is 0.980. The maximum absolute atomic E-state index is 12.9. The molecule has 1 rings (SSSR count). The zero-order chi connectivity index (χ0) is 46.8. The molecule has 1 saturated heterocycles. The SMILES string of the molecule is CCCCCCCCCCCCCCCCCCCCCCCCC(=O)OC(COCCCCCCCCCCCCCCCCC)COC1OC(CO)C(O)C(OS(=O)(=O)O)C1O. The van der Waals surface area contributed by atoms with E-state index in [4.69, 9.17) is 18.9 Å². The number of esters is 1. The van der Waals surface area contributed by atoms with Gasteiger partial charge in [-0.2, -0.15) is 8.42 Å². The molecule has 0 amide bonds. The van der Waals surface area contributed by atoms with E-state index in [1.807, 2.05) is 0 Å². The summed E-state index contributed by atoms with van der Waals surface area (Å²) in [6.07, 6.45) is 38.5. The van der Waals surface area contributed by atoms with Crippen molar-refractivity contribution in [3.05, 3.63) is 0 Å². The molecule has 0 aromatic heterocycles. The summed E-state index contributed by atoms with van der Waals surface area (Å²) < 4.78 is 59.3. The fourth-order valence-electron chi connectivity index (χ4n) is 8.68. The molecule has 13 heteroatoms. The monoisotopic (exact) mass is 937 g/mol. The summed E-state index contributed by atoms with van der Waals surface area (Å²) in [4.78, 5) is 12.9. The van der Waals surface area contributed by atoms with Crippen LogP contribution in [0.25, 0.3) is 0 Å². The topological polar surface area (TPSA) is 178 Å². The van der Waals surface area contributed by atoms with Gasteiger partial charge in [-0.05, 0) is 12.8 Å². The molecule has 1 aliphatic heterocycles. The average Bonchev–Trinajstić information content (AvgIpc) is 3.27. The molecule has 64 heavy (non-hydrogen) atoms. The highest BCUT2D eigenvalue weighted by atomic mass is 32.3. The highest BCUT2D eigenvalue weighted by Crippen LogP contribution is 2.26. The molecule has 12 nitrogen and oxygen atoms in total. The first-order valence-corrected chi connectivity index (χ1v) is 28.2. The van der Waals surface area contributed by atoms with Crippen LogP contribution < -0.4 is 0 Å². The molecule has 382 valence electrons. The summed E-state index contributed by atoms with van der Waals surface area (Å²) in [5, 5.41) is 30.8. The predicted molar refractivity (Wildman–Crippen MR) is 258 cm³/mol. The zero-order valence-corrected chi connectivity index (χ0v) is 41.9. The Morgan fingerprint density at radius 3 is 1.25 bits per heavy atom. The number of hydrogen-bond acceptors (Lipinski definition) is 11. The van der Waals surface area contributed by atoms with E-state index >= 15 is 0 Å². The van der Waals surface area contributed by atoms with Crippen molar-refractivity contribution in [2.45, 2.75) is 295 Å². The van der Waals surface area contributed by atoms with Crippen LogP contribution in [-0.4, -0.2) is 97.5 Å². The van der Waals surface area contributed by atoms with Gasteiger partial charge in [-0.1, -0.05) is 239 Å². The molecule has 4 N–H and O–H groups in total. The Hall–Kier alpha value is -0.900. The van der Waals surface area contributed by atoms with E-state index in [0.29, 0.717) is 13.0 Å². The molecule has 6 unspecified atom stereocenters. The van der Waals surface area contributed by atoms with Crippen LogP contribution in [0.2, 0.25) is 0 Å². The number of aliphatic hydroxyl groups is 3. The highest BCUT2D eigenvalue weighted by molar-refractivity contribution is 7.80. The Balaban J connectivity index is 2.30. The third-order valence-electron chi connectivity index (χ3n) is 12.7. The van der Waals surface area contributed by atoms with Gasteiger partial charge >= 0.3 is 16.4 Å².